The molecule has 22 heavy (non-hydrogen) atoms. The van der Waals surface area contributed by atoms with Crippen molar-refractivity contribution >= 4 is 40.4 Å². The molecule has 1 saturated carbocycles. The lowest BCUT2D eigenvalue weighted by Crippen LogP contribution is -2.25. The number of hydrogen-bond acceptors (Lipinski definition) is 3. The molecule has 1 fully saturated rings. The fraction of sp³-hybridized carbons (Fsp3) is 0.250. The van der Waals surface area contributed by atoms with Gasteiger partial charge < -0.3 is 10.6 Å². The summed E-state index contributed by atoms with van der Waals surface area (Å²) in [5.41, 5.74) is 0.967. The summed E-state index contributed by atoms with van der Waals surface area (Å²) in [7, 11) is 0. The maximum absolute atomic E-state index is 12.1. The molecule has 1 aromatic carbocycles. The second-order valence-corrected chi connectivity index (χ2v) is 6.69. The van der Waals surface area contributed by atoms with Gasteiger partial charge in [-0.25, -0.2) is 0 Å². The van der Waals surface area contributed by atoms with Crippen molar-refractivity contribution in [2.75, 3.05) is 5.32 Å². The van der Waals surface area contributed by atoms with Crippen LogP contribution in [0.4, 0.5) is 5.69 Å². The van der Waals surface area contributed by atoms with Gasteiger partial charge in [-0.2, -0.15) is 0 Å². The van der Waals surface area contributed by atoms with Gasteiger partial charge in [-0.05, 0) is 42.5 Å². The van der Waals surface area contributed by atoms with E-state index >= 15 is 0 Å². The summed E-state index contributed by atoms with van der Waals surface area (Å²) in [6.45, 7) is 0. The third-order valence-electron chi connectivity index (χ3n) is 3.32. The van der Waals surface area contributed by atoms with Crippen LogP contribution in [-0.2, 0) is 11.2 Å². The van der Waals surface area contributed by atoms with E-state index in [0.717, 1.165) is 17.7 Å². The number of thiophene rings is 1. The molecule has 0 unspecified atom stereocenters. The molecule has 0 aliphatic heterocycles. The molecule has 114 valence electrons. The number of nitrogens with one attached hydrogen (secondary N) is 2. The van der Waals surface area contributed by atoms with Crippen LogP contribution >= 0.6 is 22.9 Å². The lowest BCUT2D eigenvalue weighted by molar-refractivity contribution is -0.115. The standard InChI is InChI=1S/C16H15ClN2O2S/c17-14-6-5-11(8-13(14)16(21)19-10-3-4-10)18-15(20)9-12-2-1-7-22-12/h1-2,5-8,10H,3-4,9H2,(H,18,20)(H,19,21). The minimum absolute atomic E-state index is 0.113. The Balaban J connectivity index is 1.68. The molecule has 3 rings (SSSR count). The highest BCUT2D eigenvalue weighted by molar-refractivity contribution is 7.10. The van der Waals surface area contributed by atoms with Crippen LogP contribution in [0.25, 0.3) is 0 Å². The average molecular weight is 335 g/mol. The maximum atomic E-state index is 12.1. The molecule has 0 spiro atoms. The minimum Gasteiger partial charge on any atom is -0.349 e. The SMILES string of the molecule is O=C(Cc1cccs1)Nc1ccc(Cl)c(C(=O)NC2CC2)c1. The number of carbonyl (C=O) groups is 2. The maximum Gasteiger partial charge on any atom is 0.253 e. The second kappa shape index (κ2) is 6.50. The number of carbonyl (C=O) groups excluding carboxylic acids is 2. The van der Waals surface area contributed by atoms with Gasteiger partial charge in [-0.15, -0.1) is 11.3 Å². The fourth-order valence-corrected chi connectivity index (χ4v) is 2.95. The van der Waals surface area contributed by atoms with E-state index in [1.165, 1.54) is 0 Å². The summed E-state index contributed by atoms with van der Waals surface area (Å²) in [4.78, 5) is 25.1. The molecule has 0 radical (unpaired) electrons. The van der Waals surface area contributed by atoms with Crippen molar-refractivity contribution in [2.45, 2.75) is 25.3 Å². The lowest BCUT2D eigenvalue weighted by Gasteiger charge is -2.09. The van der Waals surface area contributed by atoms with Crippen LogP contribution in [0, 0.1) is 0 Å². The Kier molecular flexibility index (Phi) is 4.45. The van der Waals surface area contributed by atoms with Crippen molar-refractivity contribution in [3.63, 3.8) is 0 Å². The smallest absolute Gasteiger partial charge is 0.253 e. The Labute approximate surface area is 137 Å². The number of amides is 2. The summed E-state index contributed by atoms with van der Waals surface area (Å²) in [6, 6.07) is 9.04. The van der Waals surface area contributed by atoms with Gasteiger partial charge in [0.1, 0.15) is 0 Å². The van der Waals surface area contributed by atoms with Crippen molar-refractivity contribution in [3.05, 3.63) is 51.2 Å². The molecular formula is C16H15ClN2O2S. The summed E-state index contributed by atoms with van der Waals surface area (Å²) in [5, 5.41) is 8.01. The molecule has 1 heterocycles. The van der Waals surface area contributed by atoms with Crippen LogP contribution < -0.4 is 10.6 Å². The van der Waals surface area contributed by atoms with E-state index < -0.39 is 0 Å². The van der Waals surface area contributed by atoms with Gasteiger partial charge in [0.05, 0.1) is 17.0 Å². The molecule has 0 atom stereocenters. The molecule has 2 aromatic rings. The zero-order valence-electron chi connectivity index (χ0n) is 11.8. The molecule has 0 saturated heterocycles. The van der Waals surface area contributed by atoms with E-state index in [0.29, 0.717) is 22.7 Å². The number of benzene rings is 1. The van der Waals surface area contributed by atoms with Crippen molar-refractivity contribution in [3.8, 4) is 0 Å². The Morgan fingerprint density at radius 2 is 2.09 bits per heavy atom. The van der Waals surface area contributed by atoms with Gasteiger partial charge in [0, 0.05) is 16.6 Å². The number of halogens is 1. The molecule has 2 N–H and O–H groups in total. The molecule has 1 aromatic heterocycles. The molecule has 2 amide bonds. The largest absolute Gasteiger partial charge is 0.349 e. The number of anilines is 1. The highest BCUT2D eigenvalue weighted by Gasteiger charge is 2.24. The highest BCUT2D eigenvalue weighted by Crippen LogP contribution is 2.24. The first-order chi connectivity index (χ1) is 10.6. The first-order valence-electron chi connectivity index (χ1n) is 7.04. The summed E-state index contributed by atoms with van der Waals surface area (Å²) in [5.74, 6) is -0.305. The number of rotatable bonds is 5. The Hall–Kier alpha value is -1.85. The van der Waals surface area contributed by atoms with Crippen LogP contribution in [0.15, 0.2) is 35.7 Å². The van der Waals surface area contributed by atoms with Gasteiger partial charge >= 0.3 is 0 Å². The predicted molar refractivity (Wildman–Crippen MR) is 88.6 cm³/mol. The van der Waals surface area contributed by atoms with Gasteiger partial charge in [-0.3, -0.25) is 9.59 Å². The van der Waals surface area contributed by atoms with Gasteiger partial charge in [0.25, 0.3) is 5.91 Å². The van der Waals surface area contributed by atoms with Crippen LogP contribution in [0.2, 0.25) is 5.02 Å². The zero-order chi connectivity index (χ0) is 15.5. The zero-order valence-corrected chi connectivity index (χ0v) is 13.3. The molecule has 1 aliphatic carbocycles. The molecule has 6 heteroatoms. The monoisotopic (exact) mass is 334 g/mol. The summed E-state index contributed by atoms with van der Waals surface area (Å²) < 4.78 is 0. The highest BCUT2D eigenvalue weighted by atomic mass is 35.5. The van der Waals surface area contributed by atoms with E-state index in [-0.39, 0.29) is 17.9 Å². The lowest BCUT2D eigenvalue weighted by atomic mass is 10.1. The van der Waals surface area contributed by atoms with Gasteiger partial charge in [0.2, 0.25) is 5.91 Å². The Morgan fingerprint density at radius 1 is 1.27 bits per heavy atom. The third kappa shape index (κ3) is 3.87. The van der Waals surface area contributed by atoms with Crippen LogP contribution in [0.1, 0.15) is 28.1 Å². The normalized spacial score (nSPS) is 13.7. The van der Waals surface area contributed by atoms with E-state index in [2.05, 4.69) is 10.6 Å². The topological polar surface area (TPSA) is 58.2 Å². The average Bonchev–Trinajstić information content (AvgIpc) is 3.14. The molecule has 0 bridgehead atoms. The molecular weight excluding hydrogens is 320 g/mol. The Morgan fingerprint density at radius 3 is 2.77 bits per heavy atom. The van der Waals surface area contributed by atoms with Crippen molar-refractivity contribution < 1.29 is 9.59 Å². The van der Waals surface area contributed by atoms with Gasteiger partial charge in [-0.1, -0.05) is 17.7 Å². The molecule has 4 nitrogen and oxygen atoms in total. The van der Waals surface area contributed by atoms with Crippen LogP contribution in [-0.4, -0.2) is 17.9 Å². The number of hydrogen-bond donors (Lipinski definition) is 2. The Bertz CT molecular complexity index is 696. The van der Waals surface area contributed by atoms with E-state index in [9.17, 15) is 9.59 Å². The first-order valence-corrected chi connectivity index (χ1v) is 8.30. The predicted octanol–water partition coefficient (Wildman–Crippen LogP) is 3.47. The third-order valence-corrected chi connectivity index (χ3v) is 4.53. The fourth-order valence-electron chi connectivity index (χ4n) is 2.04. The molecule has 1 aliphatic rings. The van der Waals surface area contributed by atoms with Crippen molar-refractivity contribution in [1.82, 2.24) is 5.32 Å². The van der Waals surface area contributed by atoms with Crippen molar-refractivity contribution in [1.29, 1.82) is 0 Å². The minimum atomic E-state index is -0.193. The quantitative estimate of drug-likeness (QED) is 0.879. The first kappa shape index (κ1) is 15.1. The van der Waals surface area contributed by atoms with Crippen LogP contribution in [0.3, 0.4) is 0 Å². The summed E-state index contributed by atoms with van der Waals surface area (Å²) >= 11 is 7.61. The van der Waals surface area contributed by atoms with E-state index in [1.807, 2.05) is 17.5 Å². The van der Waals surface area contributed by atoms with E-state index in [1.54, 1.807) is 29.5 Å². The van der Waals surface area contributed by atoms with Gasteiger partial charge in [0.15, 0.2) is 0 Å². The van der Waals surface area contributed by atoms with Crippen molar-refractivity contribution in [2.24, 2.45) is 0 Å². The second-order valence-electron chi connectivity index (χ2n) is 5.25. The summed E-state index contributed by atoms with van der Waals surface area (Å²) in [6.07, 6.45) is 2.35. The van der Waals surface area contributed by atoms with Crippen LogP contribution in [0.5, 0.6) is 0 Å². The van der Waals surface area contributed by atoms with E-state index in [4.69, 9.17) is 11.6 Å².